The van der Waals surface area contributed by atoms with Gasteiger partial charge in [-0.15, -0.1) is 0 Å². The maximum absolute atomic E-state index is 12.8. The number of halogens is 4. The fourth-order valence-corrected chi connectivity index (χ4v) is 2.94. The molecule has 0 spiro atoms. The summed E-state index contributed by atoms with van der Waals surface area (Å²) in [5.74, 6) is -0.460. The van der Waals surface area contributed by atoms with Crippen molar-refractivity contribution in [1.82, 2.24) is 0 Å². The van der Waals surface area contributed by atoms with Gasteiger partial charge in [0.2, 0.25) is 0 Å². The van der Waals surface area contributed by atoms with E-state index in [4.69, 9.17) is 0 Å². The van der Waals surface area contributed by atoms with Crippen LogP contribution in [-0.4, -0.2) is 5.91 Å². The van der Waals surface area contributed by atoms with E-state index in [-0.39, 0.29) is 5.69 Å². The Morgan fingerprint density at radius 3 is 2.33 bits per heavy atom. The third kappa shape index (κ3) is 3.28. The number of carbonyl (C=O) groups is 1. The summed E-state index contributed by atoms with van der Waals surface area (Å²) >= 11 is 3.42. The predicted octanol–water partition coefficient (Wildman–Crippen LogP) is 5.87. The molecule has 0 aliphatic heterocycles. The first-order chi connectivity index (χ1) is 11.4. The zero-order chi connectivity index (χ0) is 17.3. The number of alkyl halides is 3. The lowest BCUT2D eigenvalue weighted by Gasteiger charge is -2.11. The number of fused-ring (bicyclic) bond motifs is 1. The molecule has 0 aromatic heterocycles. The van der Waals surface area contributed by atoms with Crippen LogP contribution in [0.5, 0.6) is 0 Å². The van der Waals surface area contributed by atoms with E-state index in [2.05, 4.69) is 21.2 Å². The van der Waals surface area contributed by atoms with Gasteiger partial charge in [-0.25, -0.2) is 0 Å². The molecule has 0 atom stereocenters. The topological polar surface area (TPSA) is 29.1 Å². The average Bonchev–Trinajstić information content (AvgIpc) is 2.54. The van der Waals surface area contributed by atoms with Crippen molar-refractivity contribution in [3.63, 3.8) is 0 Å². The molecule has 0 bridgehead atoms. The highest BCUT2D eigenvalue weighted by Crippen LogP contribution is 2.31. The number of carbonyl (C=O) groups excluding carboxylic acids is 1. The van der Waals surface area contributed by atoms with Crippen LogP contribution in [0.3, 0.4) is 0 Å². The summed E-state index contributed by atoms with van der Waals surface area (Å²) < 4.78 is 39.1. The van der Waals surface area contributed by atoms with Gasteiger partial charge in [0, 0.05) is 15.7 Å². The molecule has 3 aromatic carbocycles. The molecular formula is C18H11BrF3NO. The van der Waals surface area contributed by atoms with Gasteiger partial charge in [0.25, 0.3) is 5.91 Å². The average molecular weight is 394 g/mol. The number of amides is 1. The lowest BCUT2D eigenvalue weighted by Crippen LogP contribution is -2.13. The van der Waals surface area contributed by atoms with Crippen LogP contribution in [0.2, 0.25) is 0 Å². The first-order valence-electron chi connectivity index (χ1n) is 7.02. The Balaban J connectivity index is 1.96. The van der Waals surface area contributed by atoms with Crippen LogP contribution < -0.4 is 5.32 Å². The van der Waals surface area contributed by atoms with Crippen molar-refractivity contribution < 1.29 is 18.0 Å². The Hall–Kier alpha value is -2.34. The fourth-order valence-electron chi connectivity index (χ4n) is 2.44. The maximum atomic E-state index is 12.8. The van der Waals surface area contributed by atoms with E-state index >= 15 is 0 Å². The largest absolute Gasteiger partial charge is 0.416 e. The third-order valence-corrected chi connectivity index (χ3v) is 4.25. The van der Waals surface area contributed by atoms with Gasteiger partial charge >= 0.3 is 6.18 Å². The molecule has 1 N–H and O–H groups in total. The van der Waals surface area contributed by atoms with Gasteiger partial charge in [0.1, 0.15) is 0 Å². The molecule has 0 unspecified atom stereocenters. The molecule has 3 aromatic rings. The molecule has 0 radical (unpaired) electrons. The Morgan fingerprint density at radius 2 is 1.58 bits per heavy atom. The van der Waals surface area contributed by atoms with Gasteiger partial charge < -0.3 is 5.32 Å². The predicted molar refractivity (Wildman–Crippen MR) is 91.0 cm³/mol. The normalized spacial score (nSPS) is 11.5. The van der Waals surface area contributed by atoms with Gasteiger partial charge in [0.05, 0.1) is 5.56 Å². The van der Waals surface area contributed by atoms with Crippen molar-refractivity contribution in [2.75, 3.05) is 5.32 Å². The maximum Gasteiger partial charge on any atom is 0.416 e. The summed E-state index contributed by atoms with van der Waals surface area (Å²) in [5, 5.41) is 4.10. The summed E-state index contributed by atoms with van der Waals surface area (Å²) in [6, 6.07) is 15.2. The van der Waals surface area contributed by atoms with Crippen LogP contribution in [0.1, 0.15) is 15.9 Å². The second-order valence-corrected chi connectivity index (χ2v) is 6.03. The van der Waals surface area contributed by atoms with E-state index in [9.17, 15) is 18.0 Å². The van der Waals surface area contributed by atoms with Crippen LogP contribution in [0.25, 0.3) is 10.8 Å². The molecule has 0 saturated heterocycles. The standard InChI is InChI=1S/C18H11BrF3NO/c19-16-9-3-6-13-14(16)7-2-8-15(13)17(24)23-12-5-1-4-11(10-12)18(20,21)22/h1-10H,(H,23,24). The molecule has 0 saturated carbocycles. The molecular weight excluding hydrogens is 383 g/mol. The minimum Gasteiger partial charge on any atom is -0.322 e. The number of anilines is 1. The first-order valence-corrected chi connectivity index (χ1v) is 7.81. The van der Waals surface area contributed by atoms with Crippen molar-refractivity contribution in [2.45, 2.75) is 6.18 Å². The smallest absolute Gasteiger partial charge is 0.322 e. The Bertz CT molecular complexity index is 922. The summed E-state index contributed by atoms with van der Waals surface area (Å²) in [5.41, 5.74) is -0.311. The Morgan fingerprint density at radius 1 is 0.917 bits per heavy atom. The van der Waals surface area contributed by atoms with Crippen LogP contribution in [0, 0.1) is 0 Å². The van der Waals surface area contributed by atoms with E-state index in [1.807, 2.05) is 12.1 Å². The fraction of sp³-hybridized carbons (Fsp3) is 0.0556. The highest BCUT2D eigenvalue weighted by Gasteiger charge is 2.30. The first kappa shape index (κ1) is 16.5. The second-order valence-electron chi connectivity index (χ2n) is 5.17. The van der Waals surface area contributed by atoms with Crippen molar-refractivity contribution in [2.24, 2.45) is 0 Å². The van der Waals surface area contributed by atoms with Crippen molar-refractivity contribution in [1.29, 1.82) is 0 Å². The highest BCUT2D eigenvalue weighted by molar-refractivity contribution is 9.10. The molecule has 0 fully saturated rings. The lowest BCUT2D eigenvalue weighted by atomic mass is 10.0. The zero-order valence-corrected chi connectivity index (χ0v) is 13.8. The minimum atomic E-state index is -4.45. The minimum absolute atomic E-state index is 0.0989. The quantitative estimate of drug-likeness (QED) is 0.579. The molecule has 24 heavy (non-hydrogen) atoms. The molecule has 1 amide bonds. The molecule has 0 aliphatic carbocycles. The van der Waals surface area contributed by atoms with Gasteiger partial charge in [0.15, 0.2) is 0 Å². The number of benzene rings is 3. The third-order valence-electron chi connectivity index (χ3n) is 3.56. The number of hydrogen-bond acceptors (Lipinski definition) is 1. The molecule has 3 rings (SSSR count). The van der Waals surface area contributed by atoms with Crippen LogP contribution in [0.4, 0.5) is 18.9 Å². The van der Waals surface area contributed by atoms with Crippen LogP contribution in [-0.2, 0) is 6.18 Å². The zero-order valence-electron chi connectivity index (χ0n) is 12.2. The summed E-state index contributed by atoms with van der Waals surface area (Å²) in [6.07, 6.45) is -4.45. The van der Waals surface area contributed by atoms with E-state index in [1.54, 1.807) is 24.3 Å². The SMILES string of the molecule is O=C(Nc1cccc(C(F)(F)F)c1)c1cccc2c(Br)cccc12. The van der Waals surface area contributed by atoms with Crippen LogP contribution in [0.15, 0.2) is 65.1 Å². The van der Waals surface area contributed by atoms with Crippen LogP contribution >= 0.6 is 15.9 Å². The summed E-state index contributed by atoms with van der Waals surface area (Å²) in [6.45, 7) is 0. The van der Waals surface area contributed by atoms with Gasteiger partial charge in [-0.3, -0.25) is 4.79 Å². The molecule has 2 nitrogen and oxygen atoms in total. The van der Waals surface area contributed by atoms with E-state index in [0.29, 0.717) is 5.56 Å². The molecule has 122 valence electrons. The molecule has 6 heteroatoms. The van der Waals surface area contributed by atoms with Crippen molar-refractivity contribution >= 4 is 38.3 Å². The van der Waals surface area contributed by atoms with E-state index < -0.39 is 17.6 Å². The monoisotopic (exact) mass is 393 g/mol. The number of nitrogens with one attached hydrogen (secondary N) is 1. The Kier molecular flexibility index (Phi) is 4.32. The van der Waals surface area contributed by atoms with Gasteiger partial charge in [-0.05, 0) is 41.1 Å². The highest BCUT2D eigenvalue weighted by atomic mass is 79.9. The summed E-state index contributed by atoms with van der Waals surface area (Å²) in [4.78, 5) is 12.5. The van der Waals surface area contributed by atoms with E-state index in [0.717, 1.165) is 27.4 Å². The lowest BCUT2D eigenvalue weighted by molar-refractivity contribution is -0.137. The number of hydrogen-bond donors (Lipinski definition) is 1. The van der Waals surface area contributed by atoms with Crippen molar-refractivity contribution in [3.05, 3.63) is 76.3 Å². The molecule has 0 aliphatic rings. The van der Waals surface area contributed by atoms with E-state index in [1.165, 1.54) is 12.1 Å². The molecule has 0 heterocycles. The Labute approximate surface area is 144 Å². The summed E-state index contributed by atoms with van der Waals surface area (Å²) in [7, 11) is 0. The van der Waals surface area contributed by atoms with Gasteiger partial charge in [-0.2, -0.15) is 13.2 Å². The van der Waals surface area contributed by atoms with Crippen molar-refractivity contribution in [3.8, 4) is 0 Å². The number of rotatable bonds is 2. The van der Waals surface area contributed by atoms with Gasteiger partial charge in [-0.1, -0.05) is 46.3 Å². The second kappa shape index (κ2) is 6.28.